The van der Waals surface area contributed by atoms with E-state index in [1.165, 1.54) is 4.90 Å². The van der Waals surface area contributed by atoms with Crippen LogP contribution in [0.2, 0.25) is 0 Å². The molecule has 2 fully saturated rings. The number of unbranched alkanes of at least 4 members (excludes halogenated alkanes) is 1. The molecule has 0 unspecified atom stereocenters. The van der Waals surface area contributed by atoms with Gasteiger partial charge in [-0.05, 0) is 24.8 Å². The molecule has 1 aromatic rings. The number of likely N-dealkylation sites (tertiary alicyclic amines) is 1. The number of aliphatic hydroxyl groups is 1. The zero-order valence-corrected chi connectivity index (χ0v) is 23.4. The second kappa shape index (κ2) is 12.6. The summed E-state index contributed by atoms with van der Waals surface area (Å²) in [6.07, 6.45) is 8.55. The molecule has 10 heteroatoms. The third-order valence-electron chi connectivity index (χ3n) is 8.48. The van der Waals surface area contributed by atoms with Crippen LogP contribution in [0.3, 0.4) is 0 Å². The maximum Gasteiger partial charge on any atom is 0.313 e. The van der Waals surface area contributed by atoms with E-state index in [2.05, 4.69) is 5.32 Å². The molecule has 0 aromatic heterocycles. The van der Waals surface area contributed by atoms with E-state index < -0.39 is 41.7 Å². The normalized spacial score (nSPS) is 32.7. The van der Waals surface area contributed by atoms with Crippen LogP contribution in [0.15, 0.2) is 54.6 Å². The Morgan fingerprint density at radius 1 is 1.05 bits per heavy atom. The summed E-state index contributed by atoms with van der Waals surface area (Å²) in [4.78, 5) is 57.9. The highest BCUT2D eigenvalue weighted by Gasteiger charge is 2.73. The molecule has 2 N–H and O–H groups in total. The summed E-state index contributed by atoms with van der Waals surface area (Å²) in [6, 6.07) is 8.20. The third-order valence-corrected chi connectivity index (χ3v) is 8.48. The molecule has 4 aliphatic heterocycles. The highest BCUT2D eigenvalue weighted by atomic mass is 16.6. The molecule has 10 nitrogen and oxygen atoms in total. The summed E-state index contributed by atoms with van der Waals surface area (Å²) in [5, 5.41) is 12.4. The van der Waals surface area contributed by atoms with Gasteiger partial charge in [0.1, 0.15) is 23.7 Å². The minimum atomic E-state index is -1.30. The standard InChI is InChI=1S/C31H39N3O7/c1-2-3-16-33-17-9-5-8-13-24(36)32-20-23(21-11-6-4-7-12-21)40-30(39)25-22-14-15-31(41-22)26(25)28(37)34(18-10-19-35)27(31)29(33)38/h4-7,9,11-12,14-15,22-23,25-27,35H,2-3,8,10,13,16-20H2,1H3,(H,32,36)/b9-5-/t22-,23-,25+,26+,27-,31+/m1/s1. The Kier molecular flexibility index (Phi) is 8.89. The van der Waals surface area contributed by atoms with Gasteiger partial charge < -0.3 is 29.7 Å². The molecular formula is C31H39N3O7. The fourth-order valence-corrected chi connectivity index (χ4v) is 6.45. The van der Waals surface area contributed by atoms with Crippen LogP contribution in [0, 0.1) is 11.8 Å². The number of esters is 1. The highest BCUT2D eigenvalue weighted by Crippen LogP contribution is 2.55. The number of nitrogens with zero attached hydrogens (tertiary/aromatic N) is 2. The summed E-state index contributed by atoms with van der Waals surface area (Å²) >= 11 is 0. The van der Waals surface area contributed by atoms with Crippen molar-refractivity contribution in [3.63, 3.8) is 0 Å². The van der Waals surface area contributed by atoms with E-state index in [0.717, 1.165) is 18.4 Å². The number of nitrogens with one attached hydrogen (secondary N) is 1. The molecule has 4 aliphatic rings. The molecule has 4 heterocycles. The lowest BCUT2D eigenvalue weighted by Gasteiger charge is -2.36. The van der Waals surface area contributed by atoms with Crippen LogP contribution in [0.5, 0.6) is 0 Å². The van der Waals surface area contributed by atoms with Crippen molar-refractivity contribution in [1.29, 1.82) is 0 Å². The van der Waals surface area contributed by atoms with Crippen LogP contribution in [0.25, 0.3) is 0 Å². The zero-order chi connectivity index (χ0) is 29.0. The fourth-order valence-electron chi connectivity index (χ4n) is 6.45. The minimum absolute atomic E-state index is 0.0880. The Hall–Kier alpha value is -3.50. The molecule has 0 saturated carbocycles. The van der Waals surface area contributed by atoms with Crippen molar-refractivity contribution in [2.75, 3.05) is 32.8 Å². The first-order chi connectivity index (χ1) is 19.9. The smallest absolute Gasteiger partial charge is 0.313 e. The highest BCUT2D eigenvalue weighted by molar-refractivity contribution is 5.99. The van der Waals surface area contributed by atoms with Gasteiger partial charge in [0.05, 0.1) is 18.6 Å². The molecule has 1 aromatic carbocycles. The number of hydrogen-bond donors (Lipinski definition) is 2. The minimum Gasteiger partial charge on any atom is -0.455 e. The number of allylic oxidation sites excluding steroid dienone is 1. The van der Waals surface area contributed by atoms with Crippen LogP contribution in [-0.4, -0.2) is 89.1 Å². The number of carbonyl (C=O) groups excluding carboxylic acids is 4. The maximum absolute atomic E-state index is 14.3. The first kappa shape index (κ1) is 29.0. The van der Waals surface area contributed by atoms with Crippen molar-refractivity contribution >= 4 is 23.7 Å². The van der Waals surface area contributed by atoms with Crippen molar-refractivity contribution in [3.8, 4) is 0 Å². The number of fused-ring (bicyclic) bond motifs is 2. The number of benzene rings is 1. The maximum atomic E-state index is 14.3. The van der Waals surface area contributed by atoms with Gasteiger partial charge in [-0.2, -0.15) is 0 Å². The van der Waals surface area contributed by atoms with E-state index in [1.807, 2.05) is 49.4 Å². The monoisotopic (exact) mass is 565 g/mol. The molecule has 5 rings (SSSR count). The molecule has 220 valence electrons. The van der Waals surface area contributed by atoms with E-state index in [1.54, 1.807) is 17.1 Å². The summed E-state index contributed by atoms with van der Waals surface area (Å²) in [5.41, 5.74) is -0.577. The summed E-state index contributed by atoms with van der Waals surface area (Å²) in [6.45, 7) is 2.99. The van der Waals surface area contributed by atoms with Gasteiger partial charge in [-0.25, -0.2) is 0 Å². The Labute approximate surface area is 240 Å². The zero-order valence-electron chi connectivity index (χ0n) is 23.4. The quantitative estimate of drug-likeness (QED) is 0.382. The Morgan fingerprint density at radius 3 is 2.61 bits per heavy atom. The molecule has 0 radical (unpaired) electrons. The largest absolute Gasteiger partial charge is 0.455 e. The number of carbonyl (C=O) groups is 4. The van der Waals surface area contributed by atoms with Crippen LogP contribution in [-0.2, 0) is 28.7 Å². The van der Waals surface area contributed by atoms with Gasteiger partial charge in [-0.15, -0.1) is 0 Å². The lowest BCUT2D eigenvalue weighted by molar-refractivity contribution is -0.159. The lowest BCUT2D eigenvalue weighted by Crippen LogP contribution is -2.56. The lowest BCUT2D eigenvalue weighted by atomic mass is 9.74. The van der Waals surface area contributed by atoms with E-state index in [-0.39, 0.29) is 43.8 Å². The second-order valence-corrected chi connectivity index (χ2v) is 11.1. The summed E-state index contributed by atoms with van der Waals surface area (Å²) in [5.74, 6) is -3.24. The van der Waals surface area contributed by atoms with Gasteiger partial charge in [-0.1, -0.05) is 68.0 Å². The summed E-state index contributed by atoms with van der Waals surface area (Å²) < 4.78 is 12.4. The first-order valence-corrected chi connectivity index (χ1v) is 14.7. The number of amides is 3. The molecule has 0 aliphatic carbocycles. The van der Waals surface area contributed by atoms with Gasteiger partial charge in [0.15, 0.2) is 0 Å². The average Bonchev–Trinajstić information content (AvgIpc) is 3.62. The molecule has 41 heavy (non-hydrogen) atoms. The van der Waals surface area contributed by atoms with E-state index in [9.17, 15) is 24.3 Å². The first-order valence-electron chi connectivity index (χ1n) is 14.7. The van der Waals surface area contributed by atoms with Gasteiger partial charge in [0.2, 0.25) is 17.7 Å². The number of cyclic esters (lactones) is 1. The van der Waals surface area contributed by atoms with Crippen LogP contribution in [0.4, 0.5) is 0 Å². The summed E-state index contributed by atoms with van der Waals surface area (Å²) in [7, 11) is 0. The predicted molar refractivity (Wildman–Crippen MR) is 149 cm³/mol. The molecule has 3 amide bonds. The van der Waals surface area contributed by atoms with Crippen molar-refractivity contribution in [2.24, 2.45) is 11.8 Å². The van der Waals surface area contributed by atoms with Crippen molar-refractivity contribution in [1.82, 2.24) is 15.1 Å². The Morgan fingerprint density at radius 2 is 1.85 bits per heavy atom. The van der Waals surface area contributed by atoms with E-state index in [4.69, 9.17) is 9.47 Å². The van der Waals surface area contributed by atoms with Crippen molar-refractivity contribution in [3.05, 3.63) is 60.2 Å². The second-order valence-electron chi connectivity index (χ2n) is 11.1. The SMILES string of the molecule is CCCCN1C/C=C\CCC(=O)NC[C@H](c2ccccc2)OC(=O)[C@@H]2[C@H]3C(=O)N(CCCO)[C@H](C1=O)[C@]31C=C[C@H]2O1. The number of rotatable bonds is 7. The predicted octanol–water partition coefficient (Wildman–Crippen LogP) is 1.90. The van der Waals surface area contributed by atoms with Gasteiger partial charge >= 0.3 is 5.97 Å². The van der Waals surface area contributed by atoms with E-state index >= 15 is 0 Å². The molecular weight excluding hydrogens is 526 g/mol. The topological polar surface area (TPSA) is 125 Å². The molecule has 2 saturated heterocycles. The van der Waals surface area contributed by atoms with Crippen LogP contribution >= 0.6 is 0 Å². The van der Waals surface area contributed by atoms with Crippen LogP contribution in [0.1, 0.15) is 50.7 Å². The molecule has 6 atom stereocenters. The molecule has 5 bridgehead atoms. The van der Waals surface area contributed by atoms with E-state index in [0.29, 0.717) is 25.9 Å². The number of hydrogen-bond acceptors (Lipinski definition) is 7. The van der Waals surface area contributed by atoms with Crippen molar-refractivity contribution in [2.45, 2.75) is 62.9 Å². The average molecular weight is 566 g/mol. The Balaban J connectivity index is 1.53. The number of aliphatic hydroxyl groups excluding tert-OH is 1. The third kappa shape index (κ3) is 5.55. The van der Waals surface area contributed by atoms with Crippen LogP contribution < -0.4 is 5.32 Å². The van der Waals surface area contributed by atoms with Crippen molar-refractivity contribution < 1.29 is 33.8 Å². The number of ether oxygens (including phenoxy) is 2. The Bertz CT molecular complexity index is 1200. The van der Waals surface area contributed by atoms with Gasteiger partial charge in [-0.3, -0.25) is 19.2 Å². The van der Waals surface area contributed by atoms with Gasteiger partial charge in [0.25, 0.3) is 0 Å². The van der Waals surface area contributed by atoms with Gasteiger partial charge in [0, 0.05) is 32.7 Å². The molecule has 1 spiro atoms. The fraction of sp³-hybridized carbons (Fsp3) is 0.548.